The SMILES string of the molecule is CC(=O)O.[NH2][Hg]. The number of carboxylic acids is 1. The molecule has 0 saturated heterocycles. The van der Waals surface area contributed by atoms with E-state index in [1.165, 1.54) is 0 Å². The fourth-order valence-corrected chi connectivity index (χ4v) is 0. The third kappa shape index (κ3) is 371. The number of hydrogen-bond acceptors (Lipinski definition) is 2. The van der Waals surface area contributed by atoms with Gasteiger partial charge in [0, 0.05) is 6.92 Å². The van der Waals surface area contributed by atoms with Crippen LogP contribution in [-0.2, 0) is 31.2 Å². The van der Waals surface area contributed by atoms with Gasteiger partial charge in [0.05, 0.1) is 0 Å². The predicted molar refractivity (Wildman–Crippen MR) is 17.5 cm³/mol. The molecule has 0 aliphatic heterocycles. The molecule has 0 aliphatic carbocycles. The van der Waals surface area contributed by atoms with Crippen LogP contribution in [0.3, 0.4) is 0 Å². The van der Waals surface area contributed by atoms with Crippen LogP contribution in [0.25, 0.3) is 0 Å². The molecule has 0 radical (unpaired) electrons. The molecular weight excluding hydrogens is 271 g/mol. The van der Waals surface area contributed by atoms with Crippen LogP contribution < -0.4 is 3.50 Å². The van der Waals surface area contributed by atoms with Gasteiger partial charge in [-0.3, -0.25) is 4.79 Å². The third-order valence-corrected chi connectivity index (χ3v) is 0. The molecule has 33 valence electrons. The quantitative estimate of drug-likeness (QED) is 0.586. The predicted octanol–water partition coefficient (Wildman–Crippen LogP) is -0.502. The number of rotatable bonds is 0. The summed E-state index contributed by atoms with van der Waals surface area (Å²) in [7, 11) is 0. The van der Waals surface area contributed by atoms with Crippen molar-refractivity contribution in [1.29, 1.82) is 0 Å². The molecule has 0 atom stereocenters. The second kappa shape index (κ2) is 9.03. The molecule has 3 nitrogen and oxygen atoms in total. The van der Waals surface area contributed by atoms with E-state index in [2.05, 4.69) is 0 Å². The van der Waals surface area contributed by atoms with Crippen molar-refractivity contribution >= 4 is 5.97 Å². The zero-order valence-electron chi connectivity index (χ0n) is 3.64. The molecule has 0 spiro atoms. The molecule has 0 aromatic carbocycles. The molecule has 0 heterocycles. The van der Waals surface area contributed by atoms with Crippen molar-refractivity contribution in [3.05, 3.63) is 0 Å². The molecule has 0 aromatic heterocycles. The summed E-state index contributed by atoms with van der Waals surface area (Å²) >= 11 is 0.528. The van der Waals surface area contributed by atoms with E-state index >= 15 is 0 Å². The zero-order valence-corrected chi connectivity index (χ0v) is 9.14. The van der Waals surface area contributed by atoms with Crippen LogP contribution in [-0.4, -0.2) is 11.1 Å². The standard InChI is InChI=1S/C2H4O2.Hg.H2N/c1-2(3)4;;/h1H3,(H,3,4);;1H2/q;+1;-1. The molecule has 6 heavy (non-hydrogen) atoms. The van der Waals surface area contributed by atoms with Crippen LogP contribution in [0.15, 0.2) is 0 Å². The molecule has 0 aliphatic rings. The summed E-state index contributed by atoms with van der Waals surface area (Å²) in [5.74, 6) is -0.833. The first-order valence-electron chi connectivity index (χ1n) is 1.34. The summed E-state index contributed by atoms with van der Waals surface area (Å²) in [6, 6.07) is 0. The molecule has 0 saturated carbocycles. The number of carboxylic acid groups (broad SMARTS) is 1. The number of nitrogens with two attached hydrogens (primary N) is 1. The van der Waals surface area contributed by atoms with Crippen LogP contribution in [0, 0.1) is 0 Å². The van der Waals surface area contributed by atoms with E-state index in [1.54, 1.807) is 0 Å². The first-order valence-corrected chi connectivity index (χ1v) is 4.51. The number of aliphatic carboxylic acids is 1. The van der Waals surface area contributed by atoms with Gasteiger partial charge in [0.1, 0.15) is 0 Å². The van der Waals surface area contributed by atoms with E-state index in [1.807, 2.05) is 0 Å². The van der Waals surface area contributed by atoms with Gasteiger partial charge in [-0.1, -0.05) is 0 Å². The van der Waals surface area contributed by atoms with E-state index in [-0.39, 0.29) is 0 Å². The minimum atomic E-state index is -0.833. The molecule has 0 bridgehead atoms. The van der Waals surface area contributed by atoms with Crippen molar-refractivity contribution < 1.29 is 36.3 Å². The molecule has 3 N–H and O–H groups in total. The summed E-state index contributed by atoms with van der Waals surface area (Å²) in [6.45, 7) is 1.08. The molecule has 0 fully saturated rings. The monoisotopic (exact) mass is 278 g/mol. The molecule has 4 heteroatoms. The fourth-order valence-electron chi connectivity index (χ4n) is 0. The van der Waals surface area contributed by atoms with Crippen molar-refractivity contribution in [2.75, 3.05) is 0 Å². The van der Waals surface area contributed by atoms with Crippen LogP contribution in [0.5, 0.6) is 0 Å². The van der Waals surface area contributed by atoms with Gasteiger partial charge in [-0.2, -0.15) is 0 Å². The van der Waals surface area contributed by atoms with Crippen LogP contribution in [0.2, 0.25) is 0 Å². The summed E-state index contributed by atoms with van der Waals surface area (Å²) in [5, 5.41) is 7.42. The van der Waals surface area contributed by atoms with Crippen molar-refractivity contribution in [2.24, 2.45) is 3.50 Å². The van der Waals surface area contributed by atoms with E-state index in [4.69, 9.17) is 13.4 Å². The molecule has 0 aromatic rings. The van der Waals surface area contributed by atoms with E-state index < -0.39 is 5.97 Å². The van der Waals surface area contributed by atoms with Crippen LogP contribution >= 0.6 is 0 Å². The molecule has 0 rings (SSSR count). The van der Waals surface area contributed by atoms with Crippen molar-refractivity contribution in [3.63, 3.8) is 0 Å². The Hall–Kier alpha value is 0.365. The fraction of sp³-hybridized carbons (Fsp3) is 0.500. The summed E-state index contributed by atoms with van der Waals surface area (Å²) < 4.78 is 4.69. The van der Waals surface area contributed by atoms with Crippen molar-refractivity contribution in [3.8, 4) is 0 Å². The zero-order chi connectivity index (χ0) is 5.58. The van der Waals surface area contributed by atoms with Gasteiger partial charge in [-0.25, -0.2) is 0 Å². The Bertz CT molecular complexity index is 34.5. The Morgan fingerprint density at radius 1 is 1.83 bits per heavy atom. The average Bonchev–Trinajstić information content (AvgIpc) is 1.41. The maximum atomic E-state index is 9.00. The normalized spacial score (nSPS) is 5.33. The van der Waals surface area contributed by atoms with E-state index in [0.29, 0.717) is 26.4 Å². The minimum absolute atomic E-state index is 0.528. The van der Waals surface area contributed by atoms with Crippen LogP contribution in [0.4, 0.5) is 0 Å². The molecule has 0 amide bonds. The van der Waals surface area contributed by atoms with Crippen molar-refractivity contribution in [2.45, 2.75) is 6.92 Å². The second-order valence-electron chi connectivity index (χ2n) is 0.519. The first-order chi connectivity index (χ1) is 2.73. The van der Waals surface area contributed by atoms with Crippen molar-refractivity contribution in [1.82, 2.24) is 0 Å². The van der Waals surface area contributed by atoms with Gasteiger partial charge in [0.15, 0.2) is 0 Å². The van der Waals surface area contributed by atoms with Crippen LogP contribution in [0.1, 0.15) is 6.92 Å². The van der Waals surface area contributed by atoms with Gasteiger partial charge in [-0.15, -0.1) is 0 Å². The van der Waals surface area contributed by atoms with Gasteiger partial charge < -0.3 is 5.11 Å². The average molecular weight is 277 g/mol. The van der Waals surface area contributed by atoms with Gasteiger partial charge in [-0.05, 0) is 0 Å². The Labute approximate surface area is 52.9 Å². The number of carbonyl (C=O) groups is 1. The number of hydrogen-bond donors (Lipinski definition) is 2. The summed E-state index contributed by atoms with van der Waals surface area (Å²) in [6.07, 6.45) is 0. The molecule has 0 unspecified atom stereocenters. The Morgan fingerprint density at radius 2 is 1.83 bits per heavy atom. The first kappa shape index (κ1) is 9.62. The van der Waals surface area contributed by atoms with Gasteiger partial charge in [0.25, 0.3) is 5.97 Å². The Kier molecular flexibility index (Phi) is 14.5. The Morgan fingerprint density at radius 3 is 1.83 bits per heavy atom. The van der Waals surface area contributed by atoms with E-state index in [9.17, 15) is 0 Å². The Balaban J connectivity index is 0. The summed E-state index contributed by atoms with van der Waals surface area (Å²) in [4.78, 5) is 9.00. The van der Waals surface area contributed by atoms with E-state index in [0.717, 1.165) is 6.92 Å². The maximum absolute atomic E-state index is 9.00. The van der Waals surface area contributed by atoms with Gasteiger partial charge in [0.2, 0.25) is 0 Å². The van der Waals surface area contributed by atoms with Gasteiger partial charge >= 0.3 is 29.9 Å². The third-order valence-electron chi connectivity index (χ3n) is 0. The topological polar surface area (TPSA) is 63.3 Å². The second-order valence-corrected chi connectivity index (χ2v) is 0.519. The molecular formula is C2H6HgNO2. The summed E-state index contributed by atoms with van der Waals surface area (Å²) in [5.41, 5.74) is 0.